The normalized spacial score (nSPS) is 25.0. The summed E-state index contributed by atoms with van der Waals surface area (Å²) in [6.45, 7) is 2.51. The second-order valence-corrected chi connectivity index (χ2v) is 8.67. The SMILES string of the molecule is CCCCC(C(=O)ONC=O)C1CC(CNC(=O)CI)CCC1N1C(=O)CCC1=O. The molecular formula is C20H30IN3O6. The number of hydrogen-bond acceptors (Lipinski definition) is 6. The maximum atomic E-state index is 12.7. The Labute approximate surface area is 190 Å². The summed E-state index contributed by atoms with van der Waals surface area (Å²) in [7, 11) is 0. The molecule has 9 nitrogen and oxygen atoms in total. The minimum Gasteiger partial charge on any atom is -0.355 e. The zero-order chi connectivity index (χ0) is 22.1. The largest absolute Gasteiger partial charge is 0.355 e. The maximum absolute atomic E-state index is 12.7. The highest BCUT2D eigenvalue weighted by molar-refractivity contribution is 14.1. The van der Waals surface area contributed by atoms with Crippen molar-refractivity contribution in [2.24, 2.45) is 17.8 Å². The third kappa shape index (κ3) is 6.39. The third-order valence-corrected chi connectivity index (χ3v) is 6.69. The van der Waals surface area contributed by atoms with E-state index in [-0.39, 0.29) is 48.4 Å². The van der Waals surface area contributed by atoms with Gasteiger partial charge in [0.2, 0.25) is 24.1 Å². The van der Waals surface area contributed by atoms with Gasteiger partial charge in [0.25, 0.3) is 0 Å². The Balaban J connectivity index is 2.25. The highest BCUT2D eigenvalue weighted by Crippen LogP contribution is 2.40. The van der Waals surface area contributed by atoms with Gasteiger partial charge in [0.15, 0.2) is 0 Å². The summed E-state index contributed by atoms with van der Waals surface area (Å²) in [5.41, 5.74) is 1.97. The van der Waals surface area contributed by atoms with Crippen LogP contribution in [-0.4, -0.2) is 52.0 Å². The van der Waals surface area contributed by atoms with Gasteiger partial charge in [-0.05, 0) is 37.5 Å². The van der Waals surface area contributed by atoms with Crippen LogP contribution < -0.4 is 10.8 Å². The van der Waals surface area contributed by atoms with Crippen molar-refractivity contribution in [1.29, 1.82) is 0 Å². The molecule has 30 heavy (non-hydrogen) atoms. The Bertz CT molecular complexity index is 642. The van der Waals surface area contributed by atoms with Gasteiger partial charge in [-0.1, -0.05) is 42.4 Å². The highest BCUT2D eigenvalue weighted by Gasteiger charge is 2.46. The molecule has 1 heterocycles. The van der Waals surface area contributed by atoms with Gasteiger partial charge in [0.05, 0.1) is 10.3 Å². The number of nitrogens with one attached hydrogen (secondary N) is 2. The van der Waals surface area contributed by atoms with Crippen molar-refractivity contribution in [3.05, 3.63) is 0 Å². The van der Waals surface area contributed by atoms with E-state index in [1.165, 1.54) is 4.90 Å². The van der Waals surface area contributed by atoms with Crippen LogP contribution in [0.15, 0.2) is 0 Å². The first kappa shape index (κ1) is 24.5. The number of halogens is 1. The number of carbonyl (C=O) groups excluding carboxylic acids is 5. The summed E-state index contributed by atoms with van der Waals surface area (Å²) in [6, 6.07) is -0.366. The molecule has 1 aliphatic heterocycles. The fraction of sp³-hybridized carbons (Fsp3) is 0.750. The molecule has 0 aromatic heterocycles. The van der Waals surface area contributed by atoms with E-state index < -0.39 is 11.9 Å². The van der Waals surface area contributed by atoms with Crippen molar-refractivity contribution < 1.29 is 28.8 Å². The van der Waals surface area contributed by atoms with Crippen molar-refractivity contribution >= 4 is 52.7 Å². The van der Waals surface area contributed by atoms with E-state index in [0.717, 1.165) is 19.3 Å². The lowest BCUT2D eigenvalue weighted by Crippen LogP contribution is -2.51. The fourth-order valence-corrected chi connectivity index (χ4v) is 4.85. The molecule has 4 unspecified atom stereocenters. The number of nitrogens with zero attached hydrogens (tertiary/aromatic N) is 1. The predicted molar refractivity (Wildman–Crippen MR) is 116 cm³/mol. The smallest absolute Gasteiger partial charge is 0.335 e. The number of carbonyl (C=O) groups is 5. The van der Waals surface area contributed by atoms with Crippen LogP contribution >= 0.6 is 22.6 Å². The van der Waals surface area contributed by atoms with Crippen LogP contribution in [0.4, 0.5) is 0 Å². The zero-order valence-electron chi connectivity index (χ0n) is 17.2. The van der Waals surface area contributed by atoms with Gasteiger partial charge in [0.1, 0.15) is 0 Å². The maximum Gasteiger partial charge on any atom is 0.335 e. The third-order valence-electron chi connectivity index (χ3n) is 6.00. The van der Waals surface area contributed by atoms with Crippen molar-refractivity contribution in [2.75, 3.05) is 11.0 Å². The van der Waals surface area contributed by atoms with Gasteiger partial charge in [0, 0.05) is 25.4 Å². The van der Waals surface area contributed by atoms with E-state index in [1.54, 1.807) is 0 Å². The molecule has 4 atom stereocenters. The lowest BCUT2D eigenvalue weighted by atomic mass is 9.70. The van der Waals surface area contributed by atoms with E-state index in [0.29, 0.717) is 36.6 Å². The van der Waals surface area contributed by atoms with E-state index in [4.69, 9.17) is 4.84 Å². The predicted octanol–water partition coefficient (Wildman–Crippen LogP) is 1.48. The first-order valence-electron chi connectivity index (χ1n) is 10.5. The van der Waals surface area contributed by atoms with Crippen LogP contribution in [0.1, 0.15) is 58.3 Å². The van der Waals surface area contributed by atoms with Crippen LogP contribution in [0.2, 0.25) is 0 Å². The Kier molecular flexibility index (Phi) is 9.99. The lowest BCUT2D eigenvalue weighted by molar-refractivity contribution is -0.164. The molecule has 2 fully saturated rings. The molecule has 1 saturated heterocycles. The molecule has 1 saturated carbocycles. The Morgan fingerprint density at radius 1 is 1.27 bits per heavy atom. The van der Waals surface area contributed by atoms with Gasteiger partial charge in [-0.25, -0.2) is 4.79 Å². The minimum atomic E-state index is -0.554. The number of imide groups is 1. The van der Waals surface area contributed by atoms with E-state index in [9.17, 15) is 24.0 Å². The summed E-state index contributed by atoms with van der Waals surface area (Å²) in [4.78, 5) is 66.1. The van der Waals surface area contributed by atoms with Crippen LogP contribution in [0.25, 0.3) is 0 Å². The molecule has 0 aromatic rings. The fourth-order valence-electron chi connectivity index (χ4n) is 4.58. The van der Waals surface area contributed by atoms with E-state index in [2.05, 4.69) is 5.32 Å². The van der Waals surface area contributed by atoms with E-state index >= 15 is 0 Å². The van der Waals surface area contributed by atoms with E-state index in [1.807, 2.05) is 35.0 Å². The van der Waals surface area contributed by atoms with Gasteiger partial charge < -0.3 is 10.2 Å². The average Bonchev–Trinajstić information content (AvgIpc) is 3.08. The number of alkyl halides is 1. The Hall–Kier alpha value is -1.72. The first-order valence-corrected chi connectivity index (χ1v) is 12.0. The second-order valence-electron chi connectivity index (χ2n) is 7.91. The van der Waals surface area contributed by atoms with Gasteiger partial charge in [-0.3, -0.25) is 24.1 Å². The second kappa shape index (κ2) is 12.2. The Morgan fingerprint density at radius 3 is 2.57 bits per heavy atom. The van der Waals surface area contributed by atoms with Gasteiger partial charge in [-0.15, -0.1) is 0 Å². The molecule has 10 heteroatoms. The monoisotopic (exact) mass is 535 g/mol. The van der Waals surface area contributed by atoms with Crippen LogP contribution in [0.5, 0.6) is 0 Å². The van der Waals surface area contributed by atoms with Crippen molar-refractivity contribution in [3.8, 4) is 0 Å². The molecule has 2 rings (SSSR count). The molecule has 1 aliphatic carbocycles. The van der Waals surface area contributed by atoms with Crippen molar-refractivity contribution in [1.82, 2.24) is 15.7 Å². The number of amides is 4. The lowest BCUT2D eigenvalue weighted by Gasteiger charge is -2.43. The molecular weight excluding hydrogens is 505 g/mol. The number of hydrogen-bond donors (Lipinski definition) is 2. The number of likely N-dealkylation sites (tertiary alicyclic amines) is 1. The summed E-state index contributed by atoms with van der Waals surface area (Å²) < 4.78 is 0.371. The highest BCUT2D eigenvalue weighted by atomic mass is 127. The number of unbranched alkanes of at least 4 members (excludes halogenated alkanes) is 1. The van der Waals surface area contributed by atoms with Crippen LogP contribution in [0, 0.1) is 17.8 Å². The van der Waals surface area contributed by atoms with Crippen molar-refractivity contribution in [3.63, 3.8) is 0 Å². The minimum absolute atomic E-state index is 0.0451. The van der Waals surface area contributed by atoms with Crippen LogP contribution in [-0.2, 0) is 28.8 Å². The molecule has 0 bridgehead atoms. The van der Waals surface area contributed by atoms with Gasteiger partial charge in [-0.2, -0.15) is 5.48 Å². The standard InChI is InChI=1S/C20H30IN3O6/c1-2-3-4-14(20(29)30-23-12-25)15-9-13(11-22-17(26)10-21)5-6-16(15)24-18(27)7-8-19(24)28/h12-16H,2-11H2,1H3,(H,22,26)(H,23,25). The summed E-state index contributed by atoms with van der Waals surface area (Å²) in [5, 5.41) is 2.90. The molecule has 4 amide bonds. The molecule has 2 aliphatic rings. The molecule has 0 radical (unpaired) electrons. The van der Waals surface area contributed by atoms with Crippen molar-refractivity contribution in [2.45, 2.75) is 64.3 Å². The molecule has 0 aromatic carbocycles. The quantitative estimate of drug-likeness (QED) is 0.136. The number of hydroxylamine groups is 1. The Morgan fingerprint density at radius 2 is 1.97 bits per heavy atom. The summed E-state index contributed by atoms with van der Waals surface area (Å²) in [6.07, 6.45) is 4.83. The first-order chi connectivity index (χ1) is 14.4. The zero-order valence-corrected chi connectivity index (χ0v) is 19.4. The van der Waals surface area contributed by atoms with Crippen LogP contribution in [0.3, 0.4) is 0 Å². The molecule has 0 spiro atoms. The number of rotatable bonds is 11. The summed E-state index contributed by atoms with van der Waals surface area (Å²) in [5.74, 6) is -1.68. The van der Waals surface area contributed by atoms with Gasteiger partial charge >= 0.3 is 5.97 Å². The summed E-state index contributed by atoms with van der Waals surface area (Å²) >= 11 is 2.00. The molecule has 2 N–H and O–H groups in total. The average molecular weight is 535 g/mol. The molecule has 168 valence electrons. The topological polar surface area (TPSA) is 122 Å².